The number of aromatic nitrogens is 1. The highest BCUT2D eigenvalue weighted by Gasteiger charge is 2.22. The third kappa shape index (κ3) is 4.23. The second kappa shape index (κ2) is 7.07. The van der Waals surface area contributed by atoms with Gasteiger partial charge in [-0.1, -0.05) is 0 Å². The van der Waals surface area contributed by atoms with Gasteiger partial charge in [0, 0.05) is 17.8 Å². The van der Waals surface area contributed by atoms with Crippen molar-refractivity contribution in [2.75, 3.05) is 27.3 Å². The summed E-state index contributed by atoms with van der Waals surface area (Å²) >= 11 is 0. The lowest BCUT2D eigenvalue weighted by Crippen LogP contribution is -2.40. The molecule has 0 spiro atoms. The van der Waals surface area contributed by atoms with Crippen LogP contribution in [-0.2, 0) is 19.1 Å². The largest absolute Gasteiger partial charge is 0.468 e. The monoisotopic (exact) mass is 282 g/mol. The number of hydrogen-bond acceptors (Lipinski definition) is 6. The lowest BCUT2D eigenvalue weighted by Gasteiger charge is -2.19. The maximum atomic E-state index is 12.2. The predicted molar refractivity (Wildman–Crippen MR) is 67.0 cm³/mol. The summed E-state index contributed by atoms with van der Waals surface area (Å²) in [6, 6.07) is 2.44. The molecule has 1 heterocycles. The minimum absolute atomic E-state index is 0.0570. The average Bonchev–Trinajstić information content (AvgIpc) is 2.45. The molecule has 1 rings (SSSR count). The topological polar surface area (TPSA) is 106 Å². The summed E-state index contributed by atoms with van der Waals surface area (Å²) in [4.78, 5) is 49.1. The number of aromatic amines is 1. The van der Waals surface area contributed by atoms with E-state index in [0.717, 1.165) is 25.2 Å². The smallest absolute Gasteiger partial charge is 0.325 e. The third-order valence-corrected chi connectivity index (χ3v) is 2.40. The van der Waals surface area contributed by atoms with E-state index in [9.17, 15) is 19.2 Å². The van der Waals surface area contributed by atoms with Crippen molar-refractivity contribution in [2.45, 2.75) is 0 Å². The van der Waals surface area contributed by atoms with Gasteiger partial charge in [-0.15, -0.1) is 0 Å². The number of hydrogen-bond donors (Lipinski definition) is 1. The molecule has 0 saturated heterocycles. The minimum atomic E-state index is -0.688. The number of nitrogens with zero attached hydrogens (tertiary/aromatic N) is 1. The summed E-state index contributed by atoms with van der Waals surface area (Å²) in [6.45, 7) is -0.839. The van der Waals surface area contributed by atoms with Crippen LogP contribution in [0.5, 0.6) is 0 Å². The van der Waals surface area contributed by atoms with Gasteiger partial charge in [-0.2, -0.15) is 0 Å². The first kappa shape index (κ1) is 15.4. The molecular formula is C12H14N2O6. The van der Waals surface area contributed by atoms with Crippen molar-refractivity contribution < 1.29 is 23.9 Å². The molecule has 0 saturated carbocycles. The van der Waals surface area contributed by atoms with Gasteiger partial charge in [0.25, 0.3) is 5.91 Å². The van der Waals surface area contributed by atoms with E-state index in [0.29, 0.717) is 0 Å². The minimum Gasteiger partial charge on any atom is -0.468 e. The van der Waals surface area contributed by atoms with Gasteiger partial charge in [-0.05, 0) is 6.07 Å². The molecule has 0 aliphatic rings. The Balaban J connectivity index is 2.96. The lowest BCUT2D eigenvalue weighted by molar-refractivity contribution is -0.144. The van der Waals surface area contributed by atoms with Crippen LogP contribution in [-0.4, -0.2) is 55.0 Å². The molecular weight excluding hydrogens is 268 g/mol. The quantitative estimate of drug-likeness (QED) is 0.706. The van der Waals surface area contributed by atoms with E-state index in [4.69, 9.17) is 0 Å². The van der Waals surface area contributed by atoms with Gasteiger partial charge >= 0.3 is 11.9 Å². The Labute approximate surface area is 114 Å². The van der Waals surface area contributed by atoms with Crippen LogP contribution >= 0.6 is 0 Å². The number of ether oxygens (including phenoxy) is 2. The SMILES string of the molecule is COC(=O)CN(CC(=O)OC)C(=O)c1cc[nH]c(=O)c1. The molecule has 0 bridgehead atoms. The van der Waals surface area contributed by atoms with Crippen molar-refractivity contribution in [2.24, 2.45) is 0 Å². The molecule has 0 aliphatic carbocycles. The highest BCUT2D eigenvalue weighted by molar-refractivity contribution is 5.97. The van der Waals surface area contributed by atoms with Crippen molar-refractivity contribution >= 4 is 17.8 Å². The average molecular weight is 282 g/mol. The Morgan fingerprint density at radius 1 is 1.15 bits per heavy atom. The van der Waals surface area contributed by atoms with Gasteiger partial charge in [0.2, 0.25) is 5.56 Å². The molecule has 1 amide bonds. The molecule has 8 nitrogen and oxygen atoms in total. The molecule has 1 N–H and O–H groups in total. The lowest BCUT2D eigenvalue weighted by atomic mass is 10.2. The van der Waals surface area contributed by atoms with E-state index >= 15 is 0 Å². The molecule has 8 heteroatoms. The Bertz CT molecular complexity index is 547. The Morgan fingerprint density at radius 2 is 1.70 bits per heavy atom. The zero-order valence-electron chi connectivity index (χ0n) is 11.0. The summed E-state index contributed by atoms with van der Waals surface area (Å²) in [5.41, 5.74) is -0.409. The van der Waals surface area contributed by atoms with E-state index in [2.05, 4.69) is 14.5 Å². The van der Waals surface area contributed by atoms with Crippen molar-refractivity contribution in [3.8, 4) is 0 Å². The van der Waals surface area contributed by atoms with Gasteiger partial charge in [-0.25, -0.2) is 0 Å². The third-order valence-electron chi connectivity index (χ3n) is 2.40. The molecule has 1 aromatic heterocycles. The number of pyridine rings is 1. The van der Waals surface area contributed by atoms with Crippen LogP contribution in [0.15, 0.2) is 23.1 Å². The highest BCUT2D eigenvalue weighted by Crippen LogP contribution is 2.03. The number of amides is 1. The zero-order valence-corrected chi connectivity index (χ0v) is 11.0. The van der Waals surface area contributed by atoms with E-state index in [-0.39, 0.29) is 5.56 Å². The van der Waals surface area contributed by atoms with Crippen molar-refractivity contribution in [1.82, 2.24) is 9.88 Å². The molecule has 1 aromatic rings. The van der Waals surface area contributed by atoms with Crippen LogP contribution in [0.2, 0.25) is 0 Å². The Hall–Kier alpha value is -2.64. The maximum Gasteiger partial charge on any atom is 0.325 e. The summed E-state index contributed by atoms with van der Waals surface area (Å²) in [6.07, 6.45) is 1.30. The second-order valence-corrected chi connectivity index (χ2v) is 3.76. The fraction of sp³-hybridized carbons (Fsp3) is 0.333. The van der Waals surface area contributed by atoms with Crippen LogP contribution in [0.1, 0.15) is 10.4 Å². The number of carbonyl (C=O) groups excluding carboxylic acids is 3. The van der Waals surface area contributed by atoms with Crippen LogP contribution in [0.25, 0.3) is 0 Å². The Morgan fingerprint density at radius 3 is 2.15 bits per heavy atom. The number of esters is 2. The van der Waals surface area contributed by atoms with Gasteiger partial charge < -0.3 is 19.4 Å². The molecule has 0 aromatic carbocycles. The van der Waals surface area contributed by atoms with Crippen LogP contribution < -0.4 is 5.56 Å². The van der Waals surface area contributed by atoms with Gasteiger partial charge in [0.05, 0.1) is 14.2 Å². The normalized spacial score (nSPS) is 9.70. The fourth-order valence-electron chi connectivity index (χ4n) is 1.40. The molecule has 0 unspecified atom stereocenters. The number of carbonyl (C=O) groups is 3. The van der Waals surface area contributed by atoms with Crippen molar-refractivity contribution in [1.29, 1.82) is 0 Å². The van der Waals surface area contributed by atoms with E-state index < -0.39 is 36.5 Å². The predicted octanol–water partition coefficient (Wildman–Crippen LogP) is -0.837. The first-order chi connectivity index (χ1) is 9.47. The highest BCUT2D eigenvalue weighted by atomic mass is 16.5. The number of H-pyrrole nitrogens is 1. The number of nitrogens with one attached hydrogen (secondary N) is 1. The molecule has 0 fully saturated rings. The maximum absolute atomic E-state index is 12.2. The molecule has 0 atom stereocenters. The van der Waals surface area contributed by atoms with Crippen LogP contribution in [0, 0.1) is 0 Å². The van der Waals surface area contributed by atoms with Crippen molar-refractivity contribution in [3.05, 3.63) is 34.2 Å². The molecule has 108 valence electrons. The molecule has 0 aliphatic heterocycles. The van der Waals surface area contributed by atoms with Gasteiger partial charge in [-0.3, -0.25) is 19.2 Å². The summed E-state index contributed by atoms with van der Waals surface area (Å²) in [5.74, 6) is -2.02. The number of rotatable bonds is 5. The first-order valence-electron chi connectivity index (χ1n) is 5.59. The Kier molecular flexibility index (Phi) is 5.45. The van der Waals surface area contributed by atoms with E-state index in [1.165, 1.54) is 12.3 Å². The van der Waals surface area contributed by atoms with Crippen LogP contribution in [0.3, 0.4) is 0 Å². The summed E-state index contributed by atoms with van der Waals surface area (Å²) in [5, 5.41) is 0. The van der Waals surface area contributed by atoms with Gasteiger partial charge in [0.15, 0.2) is 0 Å². The molecule has 20 heavy (non-hydrogen) atoms. The van der Waals surface area contributed by atoms with E-state index in [1.54, 1.807) is 0 Å². The number of methoxy groups -OCH3 is 2. The summed E-state index contributed by atoms with van der Waals surface area (Å²) < 4.78 is 8.91. The second-order valence-electron chi connectivity index (χ2n) is 3.76. The van der Waals surface area contributed by atoms with Gasteiger partial charge in [0.1, 0.15) is 13.1 Å². The summed E-state index contributed by atoms with van der Waals surface area (Å²) in [7, 11) is 2.33. The van der Waals surface area contributed by atoms with E-state index in [1.807, 2.05) is 0 Å². The molecule has 0 radical (unpaired) electrons. The van der Waals surface area contributed by atoms with Crippen molar-refractivity contribution in [3.63, 3.8) is 0 Å². The van der Waals surface area contributed by atoms with Crippen LogP contribution in [0.4, 0.5) is 0 Å². The fourth-order valence-corrected chi connectivity index (χ4v) is 1.40. The zero-order chi connectivity index (χ0) is 15.1. The standard InChI is InChI=1S/C12H14N2O6/c1-19-10(16)6-14(7-11(17)20-2)12(18)8-3-4-13-9(15)5-8/h3-5H,6-7H2,1-2H3,(H,13,15). The first-order valence-corrected chi connectivity index (χ1v) is 5.59.